The Bertz CT molecular complexity index is 1080. The summed E-state index contributed by atoms with van der Waals surface area (Å²) < 4.78 is 27.4. The Kier molecular flexibility index (Phi) is 8.03. The highest BCUT2D eigenvalue weighted by Crippen LogP contribution is 2.27. The molecule has 30 heavy (non-hydrogen) atoms. The van der Waals surface area contributed by atoms with Gasteiger partial charge in [0.25, 0.3) is 5.91 Å². The minimum atomic E-state index is -3.61. The maximum Gasteiger partial charge on any atom is 0.256 e. The molecule has 0 radical (unpaired) electrons. The molecule has 0 saturated heterocycles. The Hall–Kier alpha value is -2.20. The summed E-state index contributed by atoms with van der Waals surface area (Å²) in [5, 5.41) is 4.80. The van der Waals surface area contributed by atoms with E-state index >= 15 is 0 Å². The summed E-state index contributed by atoms with van der Waals surface area (Å²) in [6.45, 7) is 2.39. The number of aromatic nitrogens is 1. The number of hydrogen-bond donors (Lipinski definition) is 2. The second kappa shape index (κ2) is 10.7. The lowest BCUT2D eigenvalue weighted by atomic mass is 10.2. The summed E-state index contributed by atoms with van der Waals surface area (Å²) in [7, 11) is -3.61. The number of carbonyl (C=O) groups is 1. The van der Waals surface area contributed by atoms with E-state index in [1.54, 1.807) is 29.8 Å². The van der Waals surface area contributed by atoms with Gasteiger partial charge < -0.3 is 5.32 Å². The zero-order valence-corrected chi connectivity index (χ0v) is 18.9. The molecule has 0 fully saturated rings. The first-order valence-electron chi connectivity index (χ1n) is 9.49. The number of benzene rings is 2. The Morgan fingerprint density at radius 2 is 2.00 bits per heavy atom. The van der Waals surface area contributed by atoms with Gasteiger partial charge in [0.1, 0.15) is 0 Å². The quantitative estimate of drug-likeness (QED) is 0.335. The molecule has 1 aromatic heterocycles. The molecule has 0 atom stereocenters. The fourth-order valence-corrected chi connectivity index (χ4v) is 5.38. The molecule has 0 spiro atoms. The molecule has 6 nitrogen and oxygen atoms in total. The van der Waals surface area contributed by atoms with Crippen molar-refractivity contribution in [2.45, 2.75) is 35.3 Å². The third-order valence-electron chi connectivity index (χ3n) is 4.22. The fraction of sp³-hybridized carbons (Fsp3) is 0.238. The SMILES string of the molecule is CCCCNS(=O)(=O)c1cccc(NC(=O)c2ccccc2SCc2cscn2)c1. The van der Waals surface area contributed by atoms with Gasteiger partial charge in [0, 0.05) is 28.3 Å². The zero-order valence-electron chi connectivity index (χ0n) is 16.5. The second-order valence-electron chi connectivity index (χ2n) is 6.50. The van der Waals surface area contributed by atoms with Crippen molar-refractivity contribution in [3.63, 3.8) is 0 Å². The van der Waals surface area contributed by atoms with Gasteiger partial charge in [0.05, 0.1) is 21.7 Å². The first-order valence-corrected chi connectivity index (χ1v) is 12.9. The first kappa shape index (κ1) is 22.5. The van der Waals surface area contributed by atoms with Gasteiger partial charge in [-0.05, 0) is 36.8 Å². The van der Waals surface area contributed by atoms with Crippen LogP contribution in [0, 0.1) is 0 Å². The van der Waals surface area contributed by atoms with Crippen molar-refractivity contribution in [2.75, 3.05) is 11.9 Å². The predicted molar refractivity (Wildman–Crippen MR) is 123 cm³/mol. The van der Waals surface area contributed by atoms with Gasteiger partial charge in [0.15, 0.2) is 0 Å². The normalized spacial score (nSPS) is 11.4. The van der Waals surface area contributed by atoms with E-state index in [0.717, 1.165) is 23.4 Å². The maximum atomic E-state index is 12.9. The number of thiazole rings is 1. The molecule has 3 aromatic rings. The van der Waals surface area contributed by atoms with Gasteiger partial charge in [-0.3, -0.25) is 4.79 Å². The number of carbonyl (C=O) groups excluding carboxylic acids is 1. The molecule has 0 unspecified atom stereocenters. The van der Waals surface area contributed by atoms with E-state index in [9.17, 15) is 13.2 Å². The average Bonchev–Trinajstić information content (AvgIpc) is 3.26. The van der Waals surface area contributed by atoms with Crippen molar-refractivity contribution in [1.29, 1.82) is 0 Å². The number of sulfonamides is 1. The van der Waals surface area contributed by atoms with Crippen LogP contribution in [0.2, 0.25) is 0 Å². The lowest BCUT2D eigenvalue weighted by Gasteiger charge is -2.11. The van der Waals surface area contributed by atoms with Crippen LogP contribution in [0.3, 0.4) is 0 Å². The standard InChI is InChI=1S/C21H23N3O3S3/c1-2-3-11-23-30(26,27)18-8-6-7-16(12-18)24-21(25)19-9-4-5-10-20(19)29-14-17-13-28-15-22-17/h4-10,12-13,15,23H,2-3,11,14H2,1H3,(H,24,25). The Labute approximate surface area is 185 Å². The number of unbranched alkanes of at least 4 members (excludes halogenated alkanes) is 1. The largest absolute Gasteiger partial charge is 0.322 e. The number of amides is 1. The molecule has 0 bridgehead atoms. The highest BCUT2D eigenvalue weighted by molar-refractivity contribution is 7.98. The minimum absolute atomic E-state index is 0.127. The van der Waals surface area contributed by atoms with Gasteiger partial charge >= 0.3 is 0 Å². The van der Waals surface area contributed by atoms with E-state index in [4.69, 9.17) is 0 Å². The van der Waals surface area contributed by atoms with E-state index in [1.807, 2.05) is 24.4 Å². The van der Waals surface area contributed by atoms with E-state index in [1.165, 1.54) is 35.2 Å². The molecule has 0 aliphatic heterocycles. The lowest BCUT2D eigenvalue weighted by Crippen LogP contribution is -2.24. The molecule has 0 aliphatic rings. The van der Waals surface area contributed by atoms with Crippen LogP contribution in [-0.4, -0.2) is 25.9 Å². The van der Waals surface area contributed by atoms with Crippen LogP contribution < -0.4 is 10.0 Å². The van der Waals surface area contributed by atoms with Crippen LogP contribution in [-0.2, 0) is 15.8 Å². The van der Waals surface area contributed by atoms with Crippen LogP contribution in [0.4, 0.5) is 5.69 Å². The molecule has 1 heterocycles. The molecular formula is C21H23N3O3S3. The molecule has 2 N–H and O–H groups in total. The number of anilines is 1. The van der Waals surface area contributed by atoms with Gasteiger partial charge in [-0.15, -0.1) is 23.1 Å². The highest BCUT2D eigenvalue weighted by atomic mass is 32.2. The Morgan fingerprint density at radius 3 is 2.77 bits per heavy atom. The summed E-state index contributed by atoms with van der Waals surface area (Å²) in [6.07, 6.45) is 1.67. The monoisotopic (exact) mass is 461 g/mol. The molecule has 0 saturated carbocycles. The van der Waals surface area contributed by atoms with Crippen molar-refractivity contribution >= 4 is 44.7 Å². The third-order valence-corrected chi connectivity index (χ3v) is 7.42. The van der Waals surface area contributed by atoms with Gasteiger partial charge in [-0.1, -0.05) is 31.5 Å². The van der Waals surface area contributed by atoms with Crippen molar-refractivity contribution < 1.29 is 13.2 Å². The summed E-state index contributed by atoms with van der Waals surface area (Å²) in [4.78, 5) is 18.1. The smallest absolute Gasteiger partial charge is 0.256 e. The summed E-state index contributed by atoms with van der Waals surface area (Å²) in [5.41, 5.74) is 3.71. The van der Waals surface area contributed by atoms with Crippen molar-refractivity contribution in [3.8, 4) is 0 Å². The maximum absolute atomic E-state index is 12.9. The van der Waals surface area contributed by atoms with Crippen LogP contribution in [0.25, 0.3) is 0 Å². The summed E-state index contributed by atoms with van der Waals surface area (Å²) >= 11 is 3.08. The van der Waals surface area contributed by atoms with Gasteiger partial charge in [-0.2, -0.15) is 0 Å². The van der Waals surface area contributed by atoms with Crippen LogP contribution in [0.5, 0.6) is 0 Å². The number of hydrogen-bond acceptors (Lipinski definition) is 6. The number of nitrogens with one attached hydrogen (secondary N) is 2. The zero-order chi connectivity index (χ0) is 21.4. The van der Waals surface area contributed by atoms with E-state index in [0.29, 0.717) is 23.5 Å². The molecule has 9 heteroatoms. The van der Waals surface area contributed by atoms with Crippen molar-refractivity contribution in [1.82, 2.24) is 9.71 Å². The van der Waals surface area contributed by atoms with E-state index in [2.05, 4.69) is 15.0 Å². The number of nitrogens with zero attached hydrogens (tertiary/aromatic N) is 1. The van der Waals surface area contributed by atoms with Gasteiger partial charge in [0.2, 0.25) is 10.0 Å². The van der Waals surface area contributed by atoms with E-state index < -0.39 is 10.0 Å². The molecule has 2 aromatic carbocycles. The minimum Gasteiger partial charge on any atom is -0.322 e. The Balaban J connectivity index is 1.72. The lowest BCUT2D eigenvalue weighted by molar-refractivity contribution is 0.102. The first-order chi connectivity index (χ1) is 14.5. The summed E-state index contributed by atoms with van der Waals surface area (Å²) in [6, 6.07) is 13.6. The van der Waals surface area contributed by atoms with Crippen molar-refractivity contribution in [2.24, 2.45) is 0 Å². The average molecular weight is 462 g/mol. The summed E-state index contributed by atoms with van der Waals surface area (Å²) in [5.74, 6) is 0.384. The molecule has 1 amide bonds. The fourth-order valence-electron chi connectivity index (χ4n) is 2.65. The highest BCUT2D eigenvalue weighted by Gasteiger charge is 2.16. The van der Waals surface area contributed by atoms with Gasteiger partial charge in [-0.25, -0.2) is 18.1 Å². The van der Waals surface area contributed by atoms with Crippen LogP contribution >= 0.6 is 23.1 Å². The second-order valence-corrected chi connectivity index (χ2v) is 10.0. The van der Waals surface area contributed by atoms with Crippen molar-refractivity contribution in [3.05, 3.63) is 70.7 Å². The Morgan fingerprint density at radius 1 is 1.17 bits per heavy atom. The molecule has 3 rings (SSSR count). The molecular weight excluding hydrogens is 438 g/mol. The van der Waals surface area contributed by atoms with Crippen LogP contribution in [0.1, 0.15) is 35.8 Å². The third kappa shape index (κ3) is 6.15. The molecule has 158 valence electrons. The van der Waals surface area contributed by atoms with E-state index in [-0.39, 0.29) is 10.8 Å². The predicted octanol–water partition coefficient (Wildman–Crippen LogP) is 4.77. The topological polar surface area (TPSA) is 88.2 Å². The number of rotatable bonds is 10. The van der Waals surface area contributed by atoms with Crippen LogP contribution in [0.15, 0.2) is 69.2 Å². The molecule has 0 aliphatic carbocycles. The number of thioether (sulfide) groups is 1.